The van der Waals surface area contributed by atoms with E-state index in [9.17, 15) is 0 Å². The van der Waals surface area contributed by atoms with Gasteiger partial charge in [0.15, 0.2) is 0 Å². The van der Waals surface area contributed by atoms with Crippen LogP contribution in [0.15, 0.2) is 47.1 Å². The number of hydrogen-bond donors (Lipinski definition) is 0. The Hall–Kier alpha value is -1.35. The Balaban J connectivity index is 1.60. The number of benzene rings is 1. The number of aryl methyl sites for hydroxylation is 1. The van der Waals surface area contributed by atoms with Gasteiger partial charge in [-0.15, -0.1) is 0 Å². The maximum Gasteiger partial charge on any atom is 0.131 e. The lowest BCUT2D eigenvalue weighted by Gasteiger charge is -2.33. The zero-order chi connectivity index (χ0) is 14.7. The molecule has 1 fully saturated rings. The van der Waals surface area contributed by atoms with Crippen LogP contribution in [0.5, 0.6) is 0 Å². The van der Waals surface area contributed by atoms with Gasteiger partial charge < -0.3 is 4.90 Å². The summed E-state index contributed by atoms with van der Waals surface area (Å²) in [7, 11) is 0. The Bertz CT molecular complexity index is 589. The summed E-state index contributed by atoms with van der Waals surface area (Å²) in [5.74, 6) is 1.95. The molecule has 0 saturated carbocycles. The van der Waals surface area contributed by atoms with Crippen molar-refractivity contribution in [2.75, 3.05) is 18.0 Å². The van der Waals surface area contributed by atoms with Crippen molar-refractivity contribution in [3.05, 3.63) is 58.2 Å². The van der Waals surface area contributed by atoms with Crippen molar-refractivity contribution in [2.45, 2.75) is 26.2 Å². The highest BCUT2D eigenvalue weighted by Crippen LogP contribution is 2.27. The summed E-state index contributed by atoms with van der Waals surface area (Å²) in [6, 6.07) is 13.0. The second-order valence-electron chi connectivity index (χ2n) is 5.91. The first-order chi connectivity index (χ1) is 10.2. The van der Waals surface area contributed by atoms with Gasteiger partial charge in [-0.1, -0.05) is 30.3 Å². The molecule has 21 heavy (non-hydrogen) atoms. The van der Waals surface area contributed by atoms with Crippen LogP contribution in [0.25, 0.3) is 0 Å². The lowest BCUT2D eigenvalue weighted by molar-refractivity contribution is 0.402. The van der Waals surface area contributed by atoms with Crippen molar-refractivity contribution in [2.24, 2.45) is 5.92 Å². The Morgan fingerprint density at radius 2 is 1.90 bits per heavy atom. The molecule has 0 aliphatic carbocycles. The fourth-order valence-electron chi connectivity index (χ4n) is 3.16. The maximum absolute atomic E-state index is 4.59. The lowest BCUT2D eigenvalue weighted by atomic mass is 9.90. The molecular formula is C18H21BrN2. The molecule has 0 unspecified atom stereocenters. The average Bonchev–Trinajstić information content (AvgIpc) is 2.49. The second kappa shape index (κ2) is 6.61. The zero-order valence-corrected chi connectivity index (χ0v) is 14.0. The molecule has 1 saturated heterocycles. The smallest absolute Gasteiger partial charge is 0.131 e. The van der Waals surface area contributed by atoms with Crippen LogP contribution in [0, 0.1) is 12.8 Å². The standard InChI is InChI=1S/C18H21BrN2/c1-14-11-17(19)13-20-18(14)21-9-7-16(8-10-21)12-15-5-3-2-4-6-15/h2-6,11,13,16H,7-10,12H2,1H3. The molecule has 1 aromatic heterocycles. The molecule has 2 aromatic rings. The van der Waals surface area contributed by atoms with E-state index in [-0.39, 0.29) is 0 Å². The molecule has 0 radical (unpaired) electrons. The summed E-state index contributed by atoms with van der Waals surface area (Å²) >= 11 is 3.49. The molecule has 110 valence electrons. The molecule has 2 heterocycles. The fraction of sp³-hybridized carbons (Fsp3) is 0.389. The zero-order valence-electron chi connectivity index (χ0n) is 12.4. The lowest BCUT2D eigenvalue weighted by Crippen LogP contribution is -2.35. The van der Waals surface area contributed by atoms with E-state index in [2.05, 4.69) is 69.1 Å². The van der Waals surface area contributed by atoms with E-state index in [0.29, 0.717) is 0 Å². The van der Waals surface area contributed by atoms with Gasteiger partial charge in [-0.25, -0.2) is 4.98 Å². The topological polar surface area (TPSA) is 16.1 Å². The minimum atomic E-state index is 0.805. The highest BCUT2D eigenvalue weighted by atomic mass is 79.9. The van der Waals surface area contributed by atoms with E-state index in [1.165, 1.54) is 30.4 Å². The Morgan fingerprint density at radius 1 is 1.19 bits per heavy atom. The largest absolute Gasteiger partial charge is 0.356 e. The first-order valence-corrected chi connectivity index (χ1v) is 8.42. The summed E-state index contributed by atoms with van der Waals surface area (Å²) in [5.41, 5.74) is 2.72. The molecular weight excluding hydrogens is 324 g/mol. The molecule has 0 N–H and O–H groups in total. The summed E-state index contributed by atoms with van der Waals surface area (Å²) in [6.45, 7) is 4.38. The molecule has 0 bridgehead atoms. The molecule has 1 aromatic carbocycles. The van der Waals surface area contributed by atoms with Crippen molar-refractivity contribution < 1.29 is 0 Å². The van der Waals surface area contributed by atoms with Gasteiger partial charge in [0, 0.05) is 23.8 Å². The summed E-state index contributed by atoms with van der Waals surface area (Å²) in [5, 5.41) is 0. The molecule has 2 nitrogen and oxygen atoms in total. The van der Waals surface area contributed by atoms with E-state index in [1.54, 1.807) is 0 Å². The van der Waals surface area contributed by atoms with Gasteiger partial charge in [0.25, 0.3) is 0 Å². The SMILES string of the molecule is Cc1cc(Br)cnc1N1CCC(Cc2ccccc2)CC1. The van der Waals surface area contributed by atoms with Crippen LogP contribution in [0.3, 0.4) is 0 Å². The minimum Gasteiger partial charge on any atom is -0.356 e. The van der Waals surface area contributed by atoms with Crippen LogP contribution in [-0.2, 0) is 6.42 Å². The molecule has 3 heteroatoms. The Morgan fingerprint density at radius 3 is 2.57 bits per heavy atom. The third-order valence-corrected chi connectivity index (χ3v) is 4.73. The molecule has 3 rings (SSSR count). The van der Waals surface area contributed by atoms with Crippen molar-refractivity contribution >= 4 is 21.7 Å². The fourth-order valence-corrected chi connectivity index (χ4v) is 3.61. The van der Waals surface area contributed by atoms with Crippen molar-refractivity contribution in [3.8, 4) is 0 Å². The quantitative estimate of drug-likeness (QED) is 0.807. The summed E-state index contributed by atoms with van der Waals surface area (Å²) in [6.07, 6.45) is 5.62. The van der Waals surface area contributed by atoms with Crippen molar-refractivity contribution in [1.82, 2.24) is 4.98 Å². The number of anilines is 1. The summed E-state index contributed by atoms with van der Waals surface area (Å²) < 4.78 is 1.06. The first-order valence-electron chi connectivity index (χ1n) is 7.63. The van der Waals surface area contributed by atoms with Gasteiger partial charge >= 0.3 is 0 Å². The van der Waals surface area contributed by atoms with Crippen molar-refractivity contribution in [1.29, 1.82) is 0 Å². The third kappa shape index (κ3) is 3.65. The summed E-state index contributed by atoms with van der Waals surface area (Å²) in [4.78, 5) is 7.02. The number of aromatic nitrogens is 1. The molecule has 1 aliphatic heterocycles. The van der Waals surface area contributed by atoms with E-state index in [4.69, 9.17) is 0 Å². The Labute approximate surface area is 135 Å². The van der Waals surface area contributed by atoms with E-state index in [1.807, 2.05) is 6.20 Å². The molecule has 0 amide bonds. The van der Waals surface area contributed by atoms with Crippen LogP contribution < -0.4 is 4.90 Å². The number of nitrogens with zero attached hydrogens (tertiary/aromatic N) is 2. The monoisotopic (exact) mass is 344 g/mol. The van der Waals surface area contributed by atoms with Crippen LogP contribution in [0.1, 0.15) is 24.0 Å². The van der Waals surface area contributed by atoms with Crippen molar-refractivity contribution in [3.63, 3.8) is 0 Å². The van der Waals surface area contributed by atoms with Gasteiger partial charge in [-0.3, -0.25) is 0 Å². The highest BCUT2D eigenvalue weighted by Gasteiger charge is 2.21. The predicted molar refractivity (Wildman–Crippen MR) is 91.8 cm³/mol. The number of rotatable bonds is 3. The highest BCUT2D eigenvalue weighted by molar-refractivity contribution is 9.10. The molecule has 0 spiro atoms. The van der Waals surface area contributed by atoms with Crippen LogP contribution in [0.4, 0.5) is 5.82 Å². The predicted octanol–water partition coefficient (Wildman–Crippen LogP) is 4.61. The van der Waals surface area contributed by atoms with E-state index >= 15 is 0 Å². The van der Waals surface area contributed by atoms with Crippen LogP contribution in [0.2, 0.25) is 0 Å². The molecule has 0 atom stereocenters. The Kier molecular flexibility index (Phi) is 4.59. The van der Waals surface area contributed by atoms with E-state index in [0.717, 1.165) is 29.3 Å². The number of hydrogen-bond acceptors (Lipinski definition) is 2. The normalized spacial score (nSPS) is 16.2. The van der Waals surface area contributed by atoms with Gasteiger partial charge in [0.05, 0.1) is 0 Å². The number of pyridine rings is 1. The molecule has 1 aliphatic rings. The van der Waals surface area contributed by atoms with Gasteiger partial charge in [0.1, 0.15) is 5.82 Å². The van der Waals surface area contributed by atoms with Gasteiger partial charge in [0.2, 0.25) is 0 Å². The number of piperidine rings is 1. The average molecular weight is 345 g/mol. The maximum atomic E-state index is 4.59. The van der Waals surface area contributed by atoms with Crippen LogP contribution in [-0.4, -0.2) is 18.1 Å². The van der Waals surface area contributed by atoms with Gasteiger partial charge in [-0.05, 0) is 65.2 Å². The minimum absolute atomic E-state index is 0.805. The van der Waals surface area contributed by atoms with Crippen LogP contribution >= 0.6 is 15.9 Å². The number of halogens is 1. The van der Waals surface area contributed by atoms with E-state index < -0.39 is 0 Å². The van der Waals surface area contributed by atoms with Gasteiger partial charge in [-0.2, -0.15) is 0 Å². The second-order valence-corrected chi connectivity index (χ2v) is 6.83. The third-order valence-electron chi connectivity index (χ3n) is 4.30. The first kappa shape index (κ1) is 14.6.